The van der Waals surface area contributed by atoms with Gasteiger partial charge in [0.2, 0.25) is 0 Å². The van der Waals surface area contributed by atoms with Gasteiger partial charge in [0.05, 0.1) is 6.61 Å². The number of ether oxygens (including phenoxy) is 1. The van der Waals surface area contributed by atoms with Gasteiger partial charge in [-0.1, -0.05) is 34.6 Å². The summed E-state index contributed by atoms with van der Waals surface area (Å²) in [6.45, 7) is 16.1. The van der Waals surface area contributed by atoms with Crippen LogP contribution in [0.25, 0.3) is 0 Å². The molecule has 114 valence electrons. The second-order valence-electron chi connectivity index (χ2n) is 7.74. The molecule has 0 aliphatic rings. The Balaban J connectivity index is 4.96. The number of amides is 1. The molecule has 5 nitrogen and oxygen atoms in total. The number of alkyl carbamates (subject to hydrolysis) is 1. The Bertz CT molecular complexity index is 301. The molecule has 0 rings (SSSR count). The van der Waals surface area contributed by atoms with E-state index in [0.717, 1.165) is 0 Å². The van der Waals surface area contributed by atoms with E-state index in [-0.39, 0.29) is 16.9 Å². The third-order valence-corrected chi connectivity index (χ3v) is 2.76. The molecule has 19 heavy (non-hydrogen) atoms. The molecule has 0 saturated heterocycles. The number of carbonyl (C=O) groups is 1. The molecule has 0 aromatic rings. The minimum Gasteiger partial charge on any atom is -0.444 e. The van der Waals surface area contributed by atoms with Crippen LogP contribution in [0.1, 0.15) is 55.4 Å². The van der Waals surface area contributed by atoms with Crippen molar-refractivity contribution in [3.8, 4) is 0 Å². The molecule has 0 aromatic carbocycles. The fraction of sp³-hybridized carbons (Fsp3) is 0.929. The van der Waals surface area contributed by atoms with Gasteiger partial charge in [0.15, 0.2) is 0 Å². The monoisotopic (exact) mass is 274 g/mol. The van der Waals surface area contributed by atoms with Crippen molar-refractivity contribution in [2.24, 2.45) is 16.7 Å². The molecular formula is C14H30N2O3. The van der Waals surface area contributed by atoms with Crippen LogP contribution in [0.3, 0.4) is 0 Å². The molecule has 0 aliphatic carbocycles. The Morgan fingerprint density at radius 3 is 1.89 bits per heavy atom. The zero-order valence-corrected chi connectivity index (χ0v) is 13.6. The van der Waals surface area contributed by atoms with Crippen molar-refractivity contribution in [2.75, 3.05) is 6.61 Å². The maximum Gasteiger partial charge on any atom is 0.407 e. The molecular weight excluding hydrogens is 244 g/mol. The molecule has 0 bridgehead atoms. The first-order valence-corrected chi connectivity index (χ1v) is 6.61. The highest BCUT2D eigenvalue weighted by atomic mass is 16.6. The van der Waals surface area contributed by atoms with E-state index in [2.05, 4.69) is 26.1 Å². The van der Waals surface area contributed by atoms with Crippen LogP contribution in [0.15, 0.2) is 0 Å². The molecule has 1 unspecified atom stereocenters. The van der Waals surface area contributed by atoms with Gasteiger partial charge in [-0.25, -0.2) is 10.7 Å². The lowest BCUT2D eigenvalue weighted by atomic mass is 9.71. The first kappa shape index (κ1) is 18.2. The molecule has 5 heteroatoms. The predicted octanol–water partition coefficient (Wildman–Crippen LogP) is 2.84. The average Bonchev–Trinajstić information content (AvgIpc) is 2.09. The highest BCUT2D eigenvalue weighted by Crippen LogP contribution is 2.34. The van der Waals surface area contributed by atoms with Crippen molar-refractivity contribution < 1.29 is 14.4 Å². The lowest BCUT2D eigenvalue weighted by molar-refractivity contribution is -0.0000806. The van der Waals surface area contributed by atoms with Gasteiger partial charge >= 0.3 is 6.09 Å². The second kappa shape index (κ2) is 6.09. The largest absolute Gasteiger partial charge is 0.444 e. The van der Waals surface area contributed by atoms with E-state index in [1.165, 1.54) is 0 Å². The topological polar surface area (TPSA) is 73.6 Å². The number of nitrogens with two attached hydrogens (primary N) is 1. The molecule has 1 amide bonds. The van der Waals surface area contributed by atoms with Crippen molar-refractivity contribution in [3.63, 3.8) is 0 Å². The molecule has 0 fully saturated rings. The molecule has 0 saturated carbocycles. The maximum absolute atomic E-state index is 12.0. The van der Waals surface area contributed by atoms with Crippen molar-refractivity contribution in [1.29, 1.82) is 0 Å². The Morgan fingerprint density at radius 2 is 1.58 bits per heavy atom. The maximum atomic E-state index is 12.0. The lowest BCUT2D eigenvalue weighted by Gasteiger charge is -2.42. The molecule has 0 aliphatic heterocycles. The number of rotatable bonds is 4. The molecule has 0 radical (unpaired) electrons. The van der Waals surface area contributed by atoms with E-state index in [0.29, 0.717) is 6.61 Å². The Labute approximate surface area is 117 Å². The third-order valence-electron chi connectivity index (χ3n) is 2.76. The van der Waals surface area contributed by atoms with E-state index in [1.54, 1.807) is 0 Å². The summed E-state index contributed by atoms with van der Waals surface area (Å²) >= 11 is 0. The van der Waals surface area contributed by atoms with Crippen LogP contribution < -0.4 is 11.2 Å². The second-order valence-corrected chi connectivity index (χ2v) is 7.74. The molecule has 1 atom stereocenters. The van der Waals surface area contributed by atoms with Gasteiger partial charge in [-0.15, -0.1) is 0 Å². The van der Waals surface area contributed by atoms with Crippen LogP contribution in [-0.2, 0) is 9.57 Å². The first-order chi connectivity index (χ1) is 8.29. The van der Waals surface area contributed by atoms with Crippen LogP contribution >= 0.6 is 0 Å². The Hall–Kier alpha value is -0.810. The summed E-state index contributed by atoms with van der Waals surface area (Å²) in [6.07, 6.45) is -0.419. The van der Waals surface area contributed by atoms with Crippen LogP contribution in [0.5, 0.6) is 0 Å². The van der Waals surface area contributed by atoms with E-state index < -0.39 is 11.7 Å². The highest BCUT2D eigenvalue weighted by Gasteiger charge is 2.40. The molecule has 0 aromatic heterocycles. The van der Waals surface area contributed by atoms with Gasteiger partial charge in [0.1, 0.15) is 5.60 Å². The van der Waals surface area contributed by atoms with E-state index in [1.807, 2.05) is 34.6 Å². The van der Waals surface area contributed by atoms with E-state index >= 15 is 0 Å². The van der Waals surface area contributed by atoms with Gasteiger partial charge in [-0.2, -0.15) is 0 Å². The zero-order chi connectivity index (χ0) is 15.5. The Morgan fingerprint density at radius 1 is 1.11 bits per heavy atom. The zero-order valence-electron chi connectivity index (χ0n) is 13.6. The molecule has 3 N–H and O–H groups in total. The quantitative estimate of drug-likeness (QED) is 0.773. The summed E-state index contributed by atoms with van der Waals surface area (Å²) in [6, 6.07) is -0.126. The van der Waals surface area contributed by atoms with Gasteiger partial charge in [0.25, 0.3) is 0 Å². The minimum absolute atomic E-state index is 0.126. The standard InChI is InChI=1S/C14H30N2O3/c1-12(2,3)10(14(7,8)9-18-15)16-11(17)19-13(4,5)6/h10H,9,15H2,1-8H3,(H,16,17). The van der Waals surface area contributed by atoms with Crippen molar-refractivity contribution in [3.05, 3.63) is 0 Å². The van der Waals surface area contributed by atoms with Crippen molar-refractivity contribution in [2.45, 2.75) is 67.0 Å². The minimum atomic E-state index is -0.513. The molecule has 0 spiro atoms. The van der Waals surface area contributed by atoms with Crippen LogP contribution in [0.4, 0.5) is 4.79 Å². The van der Waals surface area contributed by atoms with Gasteiger partial charge in [-0.3, -0.25) is 0 Å². The van der Waals surface area contributed by atoms with Crippen LogP contribution in [0.2, 0.25) is 0 Å². The summed E-state index contributed by atoms with van der Waals surface area (Å²) in [5.41, 5.74) is -0.954. The molecule has 0 heterocycles. The number of carbonyl (C=O) groups excluding carboxylic acids is 1. The summed E-state index contributed by atoms with van der Waals surface area (Å²) < 4.78 is 5.31. The average molecular weight is 274 g/mol. The number of hydrogen-bond acceptors (Lipinski definition) is 4. The fourth-order valence-electron chi connectivity index (χ4n) is 2.31. The van der Waals surface area contributed by atoms with E-state index in [4.69, 9.17) is 15.5 Å². The first-order valence-electron chi connectivity index (χ1n) is 6.61. The lowest BCUT2D eigenvalue weighted by Crippen LogP contribution is -2.55. The third kappa shape index (κ3) is 6.78. The van der Waals surface area contributed by atoms with E-state index in [9.17, 15) is 4.79 Å². The van der Waals surface area contributed by atoms with Crippen molar-refractivity contribution in [1.82, 2.24) is 5.32 Å². The van der Waals surface area contributed by atoms with Crippen molar-refractivity contribution >= 4 is 6.09 Å². The number of hydrogen-bond donors (Lipinski definition) is 2. The fourth-order valence-corrected chi connectivity index (χ4v) is 2.31. The van der Waals surface area contributed by atoms with Crippen LogP contribution in [-0.4, -0.2) is 24.3 Å². The van der Waals surface area contributed by atoms with Gasteiger partial charge in [0, 0.05) is 11.5 Å². The summed E-state index contributed by atoms with van der Waals surface area (Å²) in [5, 5.41) is 2.94. The number of nitrogens with one attached hydrogen (secondary N) is 1. The van der Waals surface area contributed by atoms with Gasteiger partial charge < -0.3 is 14.9 Å². The Kier molecular flexibility index (Phi) is 5.83. The van der Waals surface area contributed by atoms with Gasteiger partial charge in [-0.05, 0) is 26.2 Å². The van der Waals surface area contributed by atoms with Crippen LogP contribution in [0, 0.1) is 10.8 Å². The SMILES string of the molecule is CC(C)(C)OC(=O)NC(C(C)(C)C)C(C)(C)CON. The normalized spacial score (nSPS) is 15.0. The highest BCUT2D eigenvalue weighted by molar-refractivity contribution is 5.68. The predicted molar refractivity (Wildman–Crippen MR) is 76.5 cm³/mol. The summed E-state index contributed by atoms with van der Waals surface area (Å²) in [5.74, 6) is 5.18. The smallest absolute Gasteiger partial charge is 0.407 e. The summed E-state index contributed by atoms with van der Waals surface area (Å²) in [4.78, 5) is 16.7. The summed E-state index contributed by atoms with van der Waals surface area (Å²) in [7, 11) is 0.